The van der Waals surface area contributed by atoms with Crippen molar-refractivity contribution in [1.82, 2.24) is 5.32 Å². The summed E-state index contributed by atoms with van der Waals surface area (Å²) in [5.41, 5.74) is 0.792. The maximum atomic E-state index is 9.94. The summed E-state index contributed by atoms with van der Waals surface area (Å²) in [4.78, 5) is 0. The van der Waals surface area contributed by atoms with Gasteiger partial charge < -0.3 is 10.4 Å². The molecule has 0 aromatic heterocycles. The summed E-state index contributed by atoms with van der Waals surface area (Å²) >= 11 is 6.00. The summed E-state index contributed by atoms with van der Waals surface area (Å²) in [5, 5.41) is 13.8. The number of aliphatic hydroxyl groups excluding tert-OH is 1. The molecule has 0 aliphatic heterocycles. The molecule has 0 aliphatic carbocycles. The van der Waals surface area contributed by atoms with Crippen LogP contribution in [0.4, 0.5) is 0 Å². The summed E-state index contributed by atoms with van der Waals surface area (Å²) < 4.78 is 0. The van der Waals surface area contributed by atoms with Gasteiger partial charge in [-0.05, 0) is 18.5 Å². The van der Waals surface area contributed by atoms with E-state index in [1.165, 1.54) is 0 Å². The van der Waals surface area contributed by atoms with Crippen molar-refractivity contribution < 1.29 is 5.11 Å². The van der Waals surface area contributed by atoms with Crippen LogP contribution in [0.25, 0.3) is 0 Å². The highest BCUT2D eigenvalue weighted by Crippen LogP contribution is 2.21. The largest absolute Gasteiger partial charge is 0.387 e. The Morgan fingerprint density at radius 2 is 2.00 bits per heavy atom. The summed E-state index contributed by atoms with van der Waals surface area (Å²) in [6.45, 7) is 5.83. The molecule has 0 saturated heterocycles. The summed E-state index contributed by atoms with van der Waals surface area (Å²) in [5.74, 6) is 0.637. The molecule has 0 radical (unpaired) electrons. The molecule has 2 unspecified atom stereocenters. The minimum Gasteiger partial charge on any atom is -0.387 e. The minimum absolute atomic E-state index is 0.530. The SMILES string of the molecule is CCC(C)CNCC(O)c1ccccc1Cl. The Morgan fingerprint density at radius 1 is 1.31 bits per heavy atom. The van der Waals surface area contributed by atoms with Crippen LogP contribution in [0.15, 0.2) is 24.3 Å². The number of hydrogen-bond donors (Lipinski definition) is 2. The van der Waals surface area contributed by atoms with E-state index < -0.39 is 6.10 Å². The van der Waals surface area contributed by atoms with Gasteiger partial charge in [-0.1, -0.05) is 50.1 Å². The third kappa shape index (κ3) is 4.12. The molecule has 0 heterocycles. The van der Waals surface area contributed by atoms with Gasteiger partial charge in [0.15, 0.2) is 0 Å². The normalized spacial score (nSPS) is 14.8. The van der Waals surface area contributed by atoms with Gasteiger partial charge in [0.1, 0.15) is 0 Å². The van der Waals surface area contributed by atoms with Gasteiger partial charge in [-0.25, -0.2) is 0 Å². The van der Waals surface area contributed by atoms with Crippen LogP contribution in [0.3, 0.4) is 0 Å². The zero-order valence-corrected chi connectivity index (χ0v) is 10.7. The van der Waals surface area contributed by atoms with Crippen molar-refractivity contribution in [2.45, 2.75) is 26.4 Å². The molecule has 0 spiro atoms. The highest BCUT2D eigenvalue weighted by Gasteiger charge is 2.10. The van der Waals surface area contributed by atoms with Gasteiger partial charge in [0.2, 0.25) is 0 Å². The van der Waals surface area contributed by atoms with E-state index >= 15 is 0 Å². The molecule has 2 nitrogen and oxygen atoms in total. The number of rotatable bonds is 6. The molecular formula is C13H20ClNO. The maximum absolute atomic E-state index is 9.94. The molecule has 0 bridgehead atoms. The molecule has 0 aliphatic rings. The van der Waals surface area contributed by atoms with Crippen LogP contribution < -0.4 is 5.32 Å². The highest BCUT2D eigenvalue weighted by atomic mass is 35.5. The first kappa shape index (κ1) is 13.5. The van der Waals surface area contributed by atoms with Gasteiger partial charge in [-0.3, -0.25) is 0 Å². The monoisotopic (exact) mass is 241 g/mol. The summed E-state index contributed by atoms with van der Waals surface area (Å²) in [6.07, 6.45) is 0.618. The Kier molecular flexibility index (Phi) is 5.81. The number of nitrogens with one attached hydrogen (secondary N) is 1. The van der Waals surface area contributed by atoms with Crippen molar-refractivity contribution in [3.8, 4) is 0 Å². The third-order valence-electron chi connectivity index (χ3n) is 2.79. The van der Waals surface area contributed by atoms with E-state index in [1.807, 2.05) is 18.2 Å². The first-order valence-corrected chi connectivity index (χ1v) is 6.16. The molecule has 90 valence electrons. The van der Waals surface area contributed by atoms with Crippen molar-refractivity contribution >= 4 is 11.6 Å². The van der Waals surface area contributed by atoms with Crippen LogP contribution in [0.5, 0.6) is 0 Å². The van der Waals surface area contributed by atoms with Crippen LogP contribution in [-0.4, -0.2) is 18.2 Å². The van der Waals surface area contributed by atoms with E-state index in [4.69, 9.17) is 11.6 Å². The second-order valence-corrected chi connectivity index (χ2v) is 4.62. The number of halogens is 1. The summed E-state index contributed by atoms with van der Waals surface area (Å²) in [6, 6.07) is 7.41. The van der Waals surface area contributed by atoms with Gasteiger partial charge in [0.25, 0.3) is 0 Å². The average Bonchev–Trinajstić information content (AvgIpc) is 2.29. The lowest BCUT2D eigenvalue weighted by molar-refractivity contribution is 0.173. The first-order chi connectivity index (χ1) is 7.65. The average molecular weight is 242 g/mol. The second kappa shape index (κ2) is 6.89. The Morgan fingerprint density at radius 3 is 2.62 bits per heavy atom. The van der Waals surface area contributed by atoms with Gasteiger partial charge in [0.05, 0.1) is 6.10 Å². The van der Waals surface area contributed by atoms with Crippen LogP contribution in [0.1, 0.15) is 31.9 Å². The molecule has 0 saturated carbocycles. The predicted octanol–water partition coefficient (Wildman–Crippen LogP) is 3.01. The second-order valence-electron chi connectivity index (χ2n) is 4.21. The molecule has 16 heavy (non-hydrogen) atoms. The third-order valence-corrected chi connectivity index (χ3v) is 3.14. The number of hydrogen-bond acceptors (Lipinski definition) is 2. The molecule has 2 atom stereocenters. The number of aliphatic hydroxyl groups is 1. The van der Waals surface area contributed by atoms with E-state index in [-0.39, 0.29) is 0 Å². The fourth-order valence-corrected chi connectivity index (χ4v) is 1.73. The van der Waals surface area contributed by atoms with Crippen LogP contribution in [0.2, 0.25) is 5.02 Å². The van der Waals surface area contributed by atoms with Gasteiger partial charge in [-0.15, -0.1) is 0 Å². The first-order valence-electron chi connectivity index (χ1n) is 5.78. The van der Waals surface area contributed by atoms with Gasteiger partial charge in [0, 0.05) is 17.1 Å². The molecular weight excluding hydrogens is 222 g/mol. The minimum atomic E-state index is -0.530. The molecule has 3 heteroatoms. The standard InChI is InChI=1S/C13H20ClNO/c1-3-10(2)8-15-9-13(16)11-6-4-5-7-12(11)14/h4-7,10,13,15-16H,3,8-9H2,1-2H3. The van der Waals surface area contributed by atoms with Crippen molar-refractivity contribution in [3.05, 3.63) is 34.9 Å². The molecule has 1 aromatic rings. The van der Waals surface area contributed by atoms with E-state index in [9.17, 15) is 5.11 Å². The molecule has 0 amide bonds. The van der Waals surface area contributed by atoms with E-state index in [0.717, 1.165) is 18.5 Å². The lowest BCUT2D eigenvalue weighted by Gasteiger charge is -2.15. The van der Waals surface area contributed by atoms with Crippen molar-refractivity contribution in [3.63, 3.8) is 0 Å². The van der Waals surface area contributed by atoms with Crippen LogP contribution >= 0.6 is 11.6 Å². The topological polar surface area (TPSA) is 32.3 Å². The Bertz CT molecular complexity index is 317. The van der Waals surface area contributed by atoms with Gasteiger partial charge in [-0.2, -0.15) is 0 Å². The maximum Gasteiger partial charge on any atom is 0.0928 e. The van der Waals surface area contributed by atoms with Crippen molar-refractivity contribution in [2.75, 3.05) is 13.1 Å². The quantitative estimate of drug-likeness (QED) is 0.803. The highest BCUT2D eigenvalue weighted by molar-refractivity contribution is 6.31. The number of benzene rings is 1. The van der Waals surface area contributed by atoms with E-state index in [0.29, 0.717) is 17.5 Å². The smallest absolute Gasteiger partial charge is 0.0928 e. The van der Waals surface area contributed by atoms with Gasteiger partial charge >= 0.3 is 0 Å². The summed E-state index contributed by atoms with van der Waals surface area (Å²) in [7, 11) is 0. The van der Waals surface area contributed by atoms with E-state index in [1.54, 1.807) is 6.07 Å². The molecule has 0 fully saturated rings. The van der Waals surface area contributed by atoms with Crippen LogP contribution in [-0.2, 0) is 0 Å². The zero-order chi connectivity index (χ0) is 12.0. The fourth-order valence-electron chi connectivity index (χ4n) is 1.47. The molecule has 2 N–H and O–H groups in total. The molecule has 1 rings (SSSR count). The predicted molar refractivity (Wildman–Crippen MR) is 68.7 cm³/mol. The Balaban J connectivity index is 2.41. The van der Waals surface area contributed by atoms with E-state index in [2.05, 4.69) is 19.2 Å². The fraction of sp³-hybridized carbons (Fsp3) is 0.538. The zero-order valence-electron chi connectivity index (χ0n) is 9.91. The lowest BCUT2D eigenvalue weighted by Crippen LogP contribution is -2.26. The molecule has 1 aromatic carbocycles. The van der Waals surface area contributed by atoms with Crippen molar-refractivity contribution in [2.24, 2.45) is 5.92 Å². The lowest BCUT2D eigenvalue weighted by atomic mass is 10.1. The van der Waals surface area contributed by atoms with Crippen LogP contribution in [0, 0.1) is 5.92 Å². The van der Waals surface area contributed by atoms with Crippen molar-refractivity contribution in [1.29, 1.82) is 0 Å². The Labute approximate surface area is 103 Å². The Hall–Kier alpha value is -0.570.